The summed E-state index contributed by atoms with van der Waals surface area (Å²) < 4.78 is 0. The number of imide groups is 1. The van der Waals surface area contributed by atoms with E-state index < -0.39 is 0 Å². The predicted octanol–water partition coefficient (Wildman–Crippen LogP) is 5.18. The average Bonchev–Trinajstić information content (AvgIpc) is 2.63. The van der Waals surface area contributed by atoms with Gasteiger partial charge in [0, 0.05) is 12.8 Å². The second-order valence-corrected chi connectivity index (χ2v) is 6.84. The fourth-order valence-electron chi connectivity index (χ4n) is 2.64. The SMILES string of the molecule is CCCCC/C=C\C/C=C\CCCCCCCC(=O)NC(=O)CCCN. The molecule has 0 saturated carbocycles. The normalized spacial score (nSPS) is 11.5. The standard InChI is InChI=1S/C22H40N2O2/c1-2-3-4-5-6-7-8-9-10-11-12-13-14-15-16-18-21(25)24-22(26)19-17-20-23/h6-7,9-10H,2-5,8,11-20,23H2,1H3,(H,24,25,26)/b7-6-,10-9-. The van der Waals surface area contributed by atoms with E-state index in [1.807, 2.05) is 0 Å². The molecule has 0 aliphatic heterocycles. The molecular weight excluding hydrogens is 324 g/mol. The van der Waals surface area contributed by atoms with E-state index in [0.29, 0.717) is 25.8 Å². The van der Waals surface area contributed by atoms with Crippen molar-refractivity contribution < 1.29 is 9.59 Å². The quantitative estimate of drug-likeness (QED) is 0.276. The van der Waals surface area contributed by atoms with Crippen molar-refractivity contribution >= 4 is 11.8 Å². The number of nitrogens with one attached hydrogen (secondary N) is 1. The lowest BCUT2D eigenvalue weighted by Crippen LogP contribution is -2.30. The number of amides is 2. The van der Waals surface area contributed by atoms with E-state index in [-0.39, 0.29) is 11.8 Å². The molecular formula is C22H40N2O2. The average molecular weight is 365 g/mol. The second-order valence-electron chi connectivity index (χ2n) is 6.84. The first-order valence-electron chi connectivity index (χ1n) is 10.5. The molecule has 0 aromatic heterocycles. The number of carbonyl (C=O) groups excluding carboxylic acids is 2. The van der Waals surface area contributed by atoms with Crippen LogP contribution in [0.3, 0.4) is 0 Å². The molecule has 3 N–H and O–H groups in total. The van der Waals surface area contributed by atoms with Gasteiger partial charge in [-0.05, 0) is 51.5 Å². The molecule has 0 bridgehead atoms. The molecule has 0 heterocycles. The molecule has 0 aliphatic rings. The van der Waals surface area contributed by atoms with Gasteiger partial charge in [-0.15, -0.1) is 0 Å². The van der Waals surface area contributed by atoms with Crippen molar-refractivity contribution in [3.05, 3.63) is 24.3 Å². The lowest BCUT2D eigenvalue weighted by molar-refractivity contribution is -0.130. The number of allylic oxidation sites excluding steroid dienone is 4. The van der Waals surface area contributed by atoms with Crippen molar-refractivity contribution in [1.82, 2.24) is 5.32 Å². The van der Waals surface area contributed by atoms with Gasteiger partial charge >= 0.3 is 0 Å². The summed E-state index contributed by atoms with van der Waals surface area (Å²) in [5.74, 6) is -0.360. The predicted molar refractivity (Wildman–Crippen MR) is 111 cm³/mol. The first-order valence-corrected chi connectivity index (χ1v) is 10.5. The summed E-state index contributed by atoms with van der Waals surface area (Å²) >= 11 is 0. The molecule has 0 atom stereocenters. The zero-order valence-corrected chi connectivity index (χ0v) is 16.8. The lowest BCUT2D eigenvalue weighted by Gasteiger charge is -2.03. The van der Waals surface area contributed by atoms with Gasteiger partial charge in [0.1, 0.15) is 0 Å². The van der Waals surface area contributed by atoms with Crippen molar-refractivity contribution in [2.45, 2.75) is 96.8 Å². The largest absolute Gasteiger partial charge is 0.330 e. The van der Waals surface area contributed by atoms with E-state index in [0.717, 1.165) is 32.1 Å². The first kappa shape index (κ1) is 24.6. The smallest absolute Gasteiger partial charge is 0.226 e. The van der Waals surface area contributed by atoms with Crippen LogP contribution in [-0.4, -0.2) is 18.4 Å². The summed E-state index contributed by atoms with van der Waals surface area (Å²) in [5, 5.41) is 2.42. The molecule has 0 fully saturated rings. The molecule has 4 nitrogen and oxygen atoms in total. The first-order chi connectivity index (χ1) is 12.7. The van der Waals surface area contributed by atoms with Gasteiger partial charge in [-0.25, -0.2) is 0 Å². The topological polar surface area (TPSA) is 72.2 Å². The van der Waals surface area contributed by atoms with Crippen molar-refractivity contribution in [2.75, 3.05) is 6.54 Å². The van der Waals surface area contributed by atoms with Gasteiger partial charge in [-0.2, -0.15) is 0 Å². The van der Waals surface area contributed by atoms with Crippen molar-refractivity contribution in [3.8, 4) is 0 Å². The van der Waals surface area contributed by atoms with Gasteiger partial charge in [-0.1, -0.05) is 63.3 Å². The summed E-state index contributed by atoms with van der Waals surface area (Å²) in [7, 11) is 0. The van der Waals surface area contributed by atoms with E-state index in [9.17, 15) is 9.59 Å². The van der Waals surface area contributed by atoms with E-state index in [1.54, 1.807) is 0 Å². The Morgan fingerprint density at radius 1 is 0.731 bits per heavy atom. The fraction of sp³-hybridized carbons (Fsp3) is 0.727. The van der Waals surface area contributed by atoms with E-state index in [4.69, 9.17) is 5.73 Å². The Hall–Kier alpha value is -1.42. The van der Waals surface area contributed by atoms with Crippen LogP contribution in [-0.2, 0) is 9.59 Å². The zero-order chi connectivity index (χ0) is 19.3. The van der Waals surface area contributed by atoms with Gasteiger partial charge in [0.25, 0.3) is 0 Å². The van der Waals surface area contributed by atoms with Gasteiger partial charge < -0.3 is 5.73 Å². The molecule has 0 spiro atoms. The molecule has 4 heteroatoms. The fourth-order valence-corrected chi connectivity index (χ4v) is 2.64. The Bertz CT molecular complexity index is 403. The third-order valence-corrected chi connectivity index (χ3v) is 4.24. The Morgan fingerprint density at radius 2 is 1.27 bits per heavy atom. The molecule has 0 unspecified atom stereocenters. The number of hydrogen-bond donors (Lipinski definition) is 2. The minimum Gasteiger partial charge on any atom is -0.330 e. The minimum absolute atomic E-state index is 0.155. The lowest BCUT2D eigenvalue weighted by atomic mass is 10.1. The Morgan fingerprint density at radius 3 is 1.88 bits per heavy atom. The molecule has 2 amide bonds. The number of hydrogen-bond acceptors (Lipinski definition) is 3. The number of rotatable bonds is 17. The summed E-state index contributed by atoms with van der Waals surface area (Å²) in [4.78, 5) is 22.9. The second kappa shape index (κ2) is 19.9. The maximum atomic E-state index is 11.6. The van der Waals surface area contributed by atoms with Crippen LogP contribution in [0.25, 0.3) is 0 Å². The molecule has 0 saturated heterocycles. The van der Waals surface area contributed by atoms with Crippen LogP contribution in [0.5, 0.6) is 0 Å². The third-order valence-electron chi connectivity index (χ3n) is 4.24. The van der Waals surface area contributed by atoms with Crippen LogP contribution < -0.4 is 11.1 Å². The minimum atomic E-state index is -0.206. The van der Waals surface area contributed by atoms with Gasteiger partial charge in [-0.3, -0.25) is 14.9 Å². The zero-order valence-electron chi connectivity index (χ0n) is 16.8. The third kappa shape index (κ3) is 18.9. The highest BCUT2D eigenvalue weighted by molar-refractivity contribution is 5.95. The number of carbonyl (C=O) groups is 2. The highest BCUT2D eigenvalue weighted by Gasteiger charge is 2.06. The highest BCUT2D eigenvalue weighted by Crippen LogP contribution is 2.08. The molecule has 0 rings (SSSR count). The van der Waals surface area contributed by atoms with E-state index in [2.05, 4.69) is 36.5 Å². The molecule has 0 aromatic carbocycles. The molecule has 0 radical (unpaired) electrons. The van der Waals surface area contributed by atoms with Gasteiger partial charge in [0.05, 0.1) is 0 Å². The van der Waals surface area contributed by atoms with Crippen molar-refractivity contribution in [1.29, 1.82) is 0 Å². The molecule has 0 aromatic rings. The summed E-state index contributed by atoms with van der Waals surface area (Å²) in [6.07, 6.45) is 23.3. The van der Waals surface area contributed by atoms with Crippen LogP contribution in [0.2, 0.25) is 0 Å². The Kier molecular flexibility index (Phi) is 18.8. The molecule has 26 heavy (non-hydrogen) atoms. The van der Waals surface area contributed by atoms with Crippen LogP contribution >= 0.6 is 0 Å². The van der Waals surface area contributed by atoms with E-state index in [1.165, 1.54) is 38.5 Å². The summed E-state index contributed by atoms with van der Waals surface area (Å²) in [6.45, 7) is 2.71. The van der Waals surface area contributed by atoms with Crippen molar-refractivity contribution in [3.63, 3.8) is 0 Å². The van der Waals surface area contributed by atoms with E-state index >= 15 is 0 Å². The molecule has 150 valence electrons. The summed E-state index contributed by atoms with van der Waals surface area (Å²) in [6, 6.07) is 0. The van der Waals surface area contributed by atoms with Crippen LogP contribution in [0.15, 0.2) is 24.3 Å². The van der Waals surface area contributed by atoms with Gasteiger partial charge in [0.2, 0.25) is 11.8 Å². The molecule has 0 aliphatic carbocycles. The Labute approximate surface area is 160 Å². The van der Waals surface area contributed by atoms with Crippen molar-refractivity contribution in [2.24, 2.45) is 5.73 Å². The van der Waals surface area contributed by atoms with Crippen LogP contribution in [0.1, 0.15) is 96.8 Å². The van der Waals surface area contributed by atoms with Crippen LogP contribution in [0, 0.1) is 0 Å². The summed E-state index contributed by atoms with van der Waals surface area (Å²) in [5.41, 5.74) is 5.33. The maximum Gasteiger partial charge on any atom is 0.226 e. The maximum absolute atomic E-state index is 11.6. The number of nitrogens with two attached hydrogens (primary N) is 1. The van der Waals surface area contributed by atoms with Crippen LogP contribution in [0.4, 0.5) is 0 Å². The Balaban J connectivity index is 3.36. The highest BCUT2D eigenvalue weighted by atomic mass is 16.2. The van der Waals surface area contributed by atoms with Gasteiger partial charge in [0.15, 0.2) is 0 Å². The number of unbranched alkanes of at least 4 members (excludes halogenated alkanes) is 8. The monoisotopic (exact) mass is 364 g/mol.